The van der Waals surface area contributed by atoms with Gasteiger partial charge in [0, 0.05) is 12.8 Å². The van der Waals surface area contributed by atoms with Gasteiger partial charge in [-0.2, -0.15) is 0 Å². The zero-order chi connectivity index (χ0) is 18.1. The molecule has 2 heterocycles. The number of carbonyl (C=O) groups is 3. The van der Waals surface area contributed by atoms with Gasteiger partial charge in [0.25, 0.3) is 0 Å². The molecule has 0 aromatic carbocycles. The van der Waals surface area contributed by atoms with Crippen LogP contribution in [0.25, 0.3) is 0 Å². The van der Waals surface area contributed by atoms with Crippen LogP contribution in [0.4, 0.5) is 0 Å². The summed E-state index contributed by atoms with van der Waals surface area (Å²) in [5.74, 6) is 1.18. The Morgan fingerprint density at radius 3 is 1.87 bits per heavy atom. The van der Waals surface area contributed by atoms with Crippen molar-refractivity contribution in [3.05, 3.63) is 0 Å². The van der Waals surface area contributed by atoms with E-state index in [4.69, 9.17) is 9.47 Å². The van der Waals surface area contributed by atoms with E-state index >= 15 is 0 Å². The van der Waals surface area contributed by atoms with Gasteiger partial charge in [-0.05, 0) is 55.3 Å². The molecule has 4 aliphatic rings. The summed E-state index contributed by atoms with van der Waals surface area (Å²) < 4.78 is 10.6. The third-order valence-corrected chi connectivity index (χ3v) is 8.00. The first-order chi connectivity index (χ1) is 11.7. The van der Waals surface area contributed by atoms with Crippen LogP contribution < -0.4 is 0 Å². The summed E-state index contributed by atoms with van der Waals surface area (Å²) in [6.07, 6.45) is 2.55. The third kappa shape index (κ3) is 5.17. The lowest BCUT2D eigenvalue weighted by atomic mass is 9.63. The van der Waals surface area contributed by atoms with E-state index in [9.17, 15) is 14.4 Å². The van der Waals surface area contributed by atoms with Crippen LogP contribution in [0.3, 0.4) is 0 Å². The highest BCUT2D eigenvalue weighted by molar-refractivity contribution is 5.96. The van der Waals surface area contributed by atoms with Crippen LogP contribution in [0.2, 0.25) is 0 Å². The van der Waals surface area contributed by atoms with E-state index < -0.39 is 17.5 Å². The fourth-order valence-corrected chi connectivity index (χ4v) is 6.53. The summed E-state index contributed by atoms with van der Waals surface area (Å²) in [5, 5.41) is 0. The van der Waals surface area contributed by atoms with Crippen molar-refractivity contribution in [2.75, 3.05) is 0 Å². The average molecular weight is 445 g/mol. The van der Waals surface area contributed by atoms with E-state index in [-0.39, 0.29) is 68.3 Å². The Morgan fingerprint density at radius 2 is 1.39 bits per heavy atom. The Hall–Kier alpha value is -1.39. The van der Waals surface area contributed by atoms with E-state index in [1.165, 1.54) is 0 Å². The third-order valence-electron chi connectivity index (χ3n) is 8.00. The average Bonchev–Trinajstić information content (AvgIpc) is 3.20. The molecule has 5 nitrogen and oxygen atoms in total. The Balaban J connectivity index is -0.00000131. The van der Waals surface area contributed by atoms with Crippen molar-refractivity contribution in [2.45, 2.75) is 104 Å². The molecule has 0 radical (unpaired) electrons. The molecule has 2 bridgehead atoms. The van der Waals surface area contributed by atoms with Crippen LogP contribution in [-0.2, 0) is 23.9 Å². The number of esters is 3. The van der Waals surface area contributed by atoms with E-state index in [1.54, 1.807) is 0 Å². The van der Waals surface area contributed by atoms with Crippen LogP contribution in [0.5, 0.6) is 0 Å². The van der Waals surface area contributed by atoms with Gasteiger partial charge in [-0.15, -0.1) is 0 Å². The molecule has 5 heteroatoms. The zero-order valence-electron chi connectivity index (χ0n) is 15.5. The minimum Gasteiger partial charge on any atom is -0.459 e. The maximum atomic E-state index is 12.6. The van der Waals surface area contributed by atoms with Crippen LogP contribution in [0.1, 0.15) is 97.9 Å². The Kier molecular flexibility index (Phi) is 12.7. The number of carbonyl (C=O) groups excluding carboxylic acids is 3. The molecule has 0 aromatic heterocycles. The highest BCUT2D eigenvalue weighted by Crippen LogP contribution is 2.62. The SMILES string of the molecule is C.C.C.C.C.C.CC1C(C)C2CC1C(C)C2C1C(=O)OC(=O)C1CC1(C)CCC(=O)O1. The quantitative estimate of drug-likeness (QED) is 0.354. The first-order valence-electron chi connectivity index (χ1n) is 9.69. The van der Waals surface area contributed by atoms with Crippen LogP contribution in [0, 0.1) is 47.3 Å². The lowest BCUT2D eigenvalue weighted by molar-refractivity contribution is -0.156. The van der Waals surface area contributed by atoms with Crippen molar-refractivity contribution in [3.63, 3.8) is 0 Å². The number of rotatable bonds is 3. The molecule has 0 aromatic rings. The van der Waals surface area contributed by atoms with Crippen molar-refractivity contribution < 1.29 is 23.9 Å². The smallest absolute Gasteiger partial charge is 0.317 e. The number of fused-ring (bicyclic) bond motifs is 2. The Labute approximate surface area is 193 Å². The van der Waals surface area contributed by atoms with Crippen molar-refractivity contribution in [2.24, 2.45) is 47.3 Å². The summed E-state index contributed by atoms with van der Waals surface area (Å²) >= 11 is 0. The topological polar surface area (TPSA) is 69.7 Å². The van der Waals surface area contributed by atoms with E-state index in [2.05, 4.69) is 20.8 Å². The van der Waals surface area contributed by atoms with E-state index in [0.717, 1.165) is 6.42 Å². The lowest BCUT2D eigenvalue weighted by Crippen LogP contribution is -2.41. The Morgan fingerprint density at radius 1 is 0.839 bits per heavy atom. The molecule has 2 aliphatic carbocycles. The molecule has 0 spiro atoms. The van der Waals surface area contributed by atoms with Crippen molar-refractivity contribution in [1.82, 2.24) is 0 Å². The first kappa shape index (κ1) is 34.2. The minimum absolute atomic E-state index is 0. The summed E-state index contributed by atoms with van der Waals surface area (Å²) in [6, 6.07) is 0. The van der Waals surface area contributed by atoms with Crippen molar-refractivity contribution >= 4 is 17.9 Å². The summed E-state index contributed by atoms with van der Waals surface area (Å²) in [4.78, 5) is 36.6. The molecule has 9 unspecified atom stereocenters. The second-order valence-corrected chi connectivity index (χ2v) is 9.22. The van der Waals surface area contributed by atoms with Gasteiger partial charge in [-0.25, -0.2) is 0 Å². The standard InChI is InChI=1S/C20H28O5.6CH4/c1-9-10(2)13-7-12(9)11(3)16(13)17-14(18(22)24-19(17)23)8-20(4)6-5-15(21)25-20;;;;;;/h9-14,16-17H,5-8H2,1-4H3;6*1H4. The van der Waals surface area contributed by atoms with Crippen molar-refractivity contribution in [3.8, 4) is 0 Å². The van der Waals surface area contributed by atoms with Gasteiger partial charge in [0.05, 0.1) is 11.8 Å². The van der Waals surface area contributed by atoms with E-state index in [0.29, 0.717) is 48.9 Å². The molecule has 4 fully saturated rings. The molecule has 2 saturated heterocycles. The first-order valence-corrected chi connectivity index (χ1v) is 9.69. The summed E-state index contributed by atoms with van der Waals surface area (Å²) in [5.41, 5.74) is -0.649. The van der Waals surface area contributed by atoms with Gasteiger partial charge in [-0.3, -0.25) is 14.4 Å². The maximum absolute atomic E-state index is 12.6. The number of hydrogen-bond donors (Lipinski definition) is 0. The molecular formula is C26H52O5. The molecule has 31 heavy (non-hydrogen) atoms. The molecular weight excluding hydrogens is 392 g/mol. The van der Waals surface area contributed by atoms with Crippen LogP contribution in [-0.4, -0.2) is 23.5 Å². The van der Waals surface area contributed by atoms with Crippen LogP contribution in [0.15, 0.2) is 0 Å². The molecule has 9 atom stereocenters. The summed E-state index contributed by atoms with van der Waals surface area (Å²) in [6.45, 7) is 8.71. The number of cyclic esters (lactones) is 3. The van der Waals surface area contributed by atoms with Gasteiger partial charge >= 0.3 is 17.9 Å². The van der Waals surface area contributed by atoms with Gasteiger partial charge in [0.1, 0.15) is 5.60 Å². The van der Waals surface area contributed by atoms with Gasteiger partial charge in [-0.1, -0.05) is 65.3 Å². The highest BCUT2D eigenvalue weighted by Gasteiger charge is 2.61. The Bertz CT molecular complexity index is 629. The second-order valence-electron chi connectivity index (χ2n) is 9.22. The molecule has 2 aliphatic heterocycles. The minimum atomic E-state index is -0.649. The predicted molar refractivity (Wildman–Crippen MR) is 129 cm³/mol. The maximum Gasteiger partial charge on any atom is 0.317 e. The van der Waals surface area contributed by atoms with Crippen molar-refractivity contribution in [1.29, 1.82) is 0 Å². The molecule has 0 amide bonds. The lowest BCUT2D eigenvalue weighted by Gasteiger charge is -2.40. The van der Waals surface area contributed by atoms with E-state index in [1.807, 2.05) is 6.92 Å². The number of ether oxygens (including phenoxy) is 2. The molecule has 0 N–H and O–H groups in total. The monoisotopic (exact) mass is 444 g/mol. The largest absolute Gasteiger partial charge is 0.459 e. The second kappa shape index (κ2) is 11.5. The van der Waals surface area contributed by atoms with Gasteiger partial charge < -0.3 is 9.47 Å². The number of hydrogen-bond acceptors (Lipinski definition) is 5. The molecule has 186 valence electrons. The summed E-state index contributed by atoms with van der Waals surface area (Å²) in [7, 11) is 0. The van der Waals surface area contributed by atoms with Gasteiger partial charge in [0.2, 0.25) is 0 Å². The molecule has 4 rings (SSSR count). The fourth-order valence-electron chi connectivity index (χ4n) is 6.53. The normalized spacial score (nSPS) is 41.9. The zero-order valence-corrected chi connectivity index (χ0v) is 15.5. The van der Waals surface area contributed by atoms with Crippen LogP contribution >= 0.6 is 0 Å². The highest BCUT2D eigenvalue weighted by atomic mass is 16.6. The van der Waals surface area contributed by atoms with Gasteiger partial charge in [0.15, 0.2) is 0 Å². The fraction of sp³-hybridized carbons (Fsp3) is 0.885. The predicted octanol–water partition coefficient (Wildman–Crippen LogP) is 6.78. The molecule has 2 saturated carbocycles.